The van der Waals surface area contributed by atoms with Gasteiger partial charge in [-0.25, -0.2) is 5.06 Å². The van der Waals surface area contributed by atoms with Crippen molar-refractivity contribution in [2.24, 2.45) is 0 Å². The normalized spacial score (nSPS) is 9.50. The van der Waals surface area contributed by atoms with Crippen LogP contribution in [0.3, 0.4) is 0 Å². The first-order valence-electron chi connectivity index (χ1n) is 3.96. The van der Waals surface area contributed by atoms with E-state index < -0.39 is 0 Å². The molecule has 1 aromatic rings. The number of carbonyl (C=O) groups excluding carboxylic acids is 2. The summed E-state index contributed by atoms with van der Waals surface area (Å²) in [6.45, 7) is 0.312. The van der Waals surface area contributed by atoms with Crippen LogP contribution in [-0.2, 0) is 4.79 Å². The van der Waals surface area contributed by atoms with Gasteiger partial charge in [-0.05, 0) is 11.4 Å². The molecule has 0 radical (unpaired) electrons. The molecule has 0 unspecified atom stereocenters. The highest BCUT2D eigenvalue weighted by Crippen LogP contribution is 2.07. The fourth-order valence-electron chi connectivity index (χ4n) is 0.832. The van der Waals surface area contributed by atoms with Gasteiger partial charge in [-0.2, -0.15) is 0 Å². The van der Waals surface area contributed by atoms with E-state index in [1.807, 2.05) is 0 Å². The van der Waals surface area contributed by atoms with Gasteiger partial charge in [0, 0.05) is 6.54 Å². The van der Waals surface area contributed by atoms with E-state index in [2.05, 4.69) is 5.32 Å². The van der Waals surface area contributed by atoms with Crippen LogP contribution in [0.5, 0.6) is 0 Å². The first kappa shape index (κ1) is 10.7. The molecule has 1 aromatic heterocycles. The van der Waals surface area contributed by atoms with Gasteiger partial charge in [0.2, 0.25) is 6.41 Å². The smallest absolute Gasteiger partial charge is 0.261 e. The predicted molar refractivity (Wildman–Crippen MR) is 51.2 cm³/mol. The number of hydrogen-bond donors (Lipinski definition) is 2. The molecule has 0 aliphatic heterocycles. The molecule has 0 aromatic carbocycles. The Morgan fingerprint density at radius 3 is 3.07 bits per heavy atom. The molecule has 1 heterocycles. The van der Waals surface area contributed by atoms with Crippen LogP contribution >= 0.6 is 11.3 Å². The molecule has 0 bridgehead atoms. The summed E-state index contributed by atoms with van der Waals surface area (Å²) in [7, 11) is 0. The van der Waals surface area contributed by atoms with Crippen molar-refractivity contribution in [2.75, 3.05) is 13.1 Å². The molecule has 14 heavy (non-hydrogen) atoms. The van der Waals surface area contributed by atoms with E-state index >= 15 is 0 Å². The van der Waals surface area contributed by atoms with Crippen molar-refractivity contribution in [3.8, 4) is 0 Å². The minimum atomic E-state index is -0.195. The zero-order valence-electron chi connectivity index (χ0n) is 7.34. The summed E-state index contributed by atoms with van der Waals surface area (Å²) in [5.41, 5.74) is 0. The van der Waals surface area contributed by atoms with Crippen molar-refractivity contribution in [3.05, 3.63) is 22.4 Å². The molecule has 2 N–H and O–H groups in total. The van der Waals surface area contributed by atoms with E-state index in [-0.39, 0.29) is 25.4 Å². The fourth-order valence-corrected chi connectivity index (χ4v) is 1.47. The minimum absolute atomic E-state index is 0.0839. The number of hydrogen-bond acceptors (Lipinski definition) is 4. The average Bonchev–Trinajstić information content (AvgIpc) is 2.70. The SMILES string of the molecule is O=CN(O)CCNC(=O)c1cccs1. The Labute approximate surface area is 84.9 Å². The first-order chi connectivity index (χ1) is 6.74. The van der Waals surface area contributed by atoms with Crippen molar-refractivity contribution in [3.63, 3.8) is 0 Å². The van der Waals surface area contributed by atoms with E-state index in [0.717, 1.165) is 0 Å². The Balaban J connectivity index is 2.26. The van der Waals surface area contributed by atoms with Gasteiger partial charge in [0.1, 0.15) is 0 Å². The Bertz CT molecular complexity index is 300. The Hall–Kier alpha value is -1.40. The standard InChI is InChI=1S/C8H10N2O3S/c11-6-10(13)4-3-9-8(12)7-2-1-5-14-7/h1-2,5-6,13H,3-4H2,(H,9,12). The van der Waals surface area contributed by atoms with Crippen LogP contribution < -0.4 is 5.32 Å². The molecule has 2 amide bonds. The number of nitrogens with zero attached hydrogens (tertiary/aromatic N) is 1. The zero-order chi connectivity index (χ0) is 10.4. The van der Waals surface area contributed by atoms with E-state index in [1.54, 1.807) is 17.5 Å². The second kappa shape index (κ2) is 5.36. The molecule has 76 valence electrons. The predicted octanol–water partition coefficient (Wildman–Crippen LogP) is 0.325. The lowest BCUT2D eigenvalue weighted by molar-refractivity contribution is -0.149. The number of thiophene rings is 1. The second-order valence-electron chi connectivity index (χ2n) is 2.50. The number of carbonyl (C=O) groups is 2. The third-order valence-electron chi connectivity index (χ3n) is 1.49. The summed E-state index contributed by atoms with van der Waals surface area (Å²) in [6.07, 6.45) is 0.289. The Morgan fingerprint density at radius 2 is 2.50 bits per heavy atom. The quantitative estimate of drug-likeness (QED) is 0.421. The Kier molecular flexibility index (Phi) is 4.09. The second-order valence-corrected chi connectivity index (χ2v) is 3.45. The first-order valence-corrected chi connectivity index (χ1v) is 4.84. The molecular weight excluding hydrogens is 204 g/mol. The van der Waals surface area contributed by atoms with Gasteiger partial charge in [0.25, 0.3) is 5.91 Å². The van der Waals surface area contributed by atoms with Gasteiger partial charge in [0.15, 0.2) is 0 Å². The number of rotatable bonds is 5. The van der Waals surface area contributed by atoms with Gasteiger partial charge >= 0.3 is 0 Å². The van der Waals surface area contributed by atoms with Crippen LogP contribution in [0.2, 0.25) is 0 Å². The lowest BCUT2D eigenvalue weighted by Crippen LogP contribution is -2.32. The van der Waals surface area contributed by atoms with Crippen LogP contribution in [-0.4, -0.2) is 35.7 Å². The third-order valence-corrected chi connectivity index (χ3v) is 2.36. The average molecular weight is 214 g/mol. The topological polar surface area (TPSA) is 69.6 Å². The zero-order valence-corrected chi connectivity index (χ0v) is 8.16. The maximum absolute atomic E-state index is 11.3. The van der Waals surface area contributed by atoms with E-state index in [0.29, 0.717) is 9.94 Å². The van der Waals surface area contributed by atoms with Crippen LogP contribution in [0.15, 0.2) is 17.5 Å². The van der Waals surface area contributed by atoms with E-state index in [9.17, 15) is 9.59 Å². The fraction of sp³-hybridized carbons (Fsp3) is 0.250. The molecule has 0 saturated heterocycles. The monoisotopic (exact) mass is 214 g/mol. The van der Waals surface area contributed by atoms with Crippen LogP contribution in [0.25, 0.3) is 0 Å². The third kappa shape index (κ3) is 3.15. The molecule has 1 rings (SSSR count). The molecular formula is C8H10N2O3S. The number of amides is 2. The van der Waals surface area contributed by atoms with Gasteiger partial charge in [0.05, 0.1) is 11.4 Å². The van der Waals surface area contributed by atoms with Gasteiger partial charge in [-0.3, -0.25) is 14.8 Å². The molecule has 0 saturated carbocycles. The van der Waals surface area contributed by atoms with Crippen LogP contribution in [0, 0.1) is 0 Å². The summed E-state index contributed by atoms with van der Waals surface area (Å²) in [4.78, 5) is 21.9. The summed E-state index contributed by atoms with van der Waals surface area (Å²) < 4.78 is 0. The highest BCUT2D eigenvalue weighted by Gasteiger charge is 2.05. The molecule has 6 heteroatoms. The van der Waals surface area contributed by atoms with Crippen molar-refractivity contribution in [1.82, 2.24) is 10.4 Å². The van der Waals surface area contributed by atoms with Crippen LogP contribution in [0.4, 0.5) is 0 Å². The molecule has 0 atom stereocenters. The van der Waals surface area contributed by atoms with Gasteiger partial charge in [-0.15, -0.1) is 11.3 Å². The highest BCUT2D eigenvalue weighted by molar-refractivity contribution is 7.12. The number of nitrogens with one attached hydrogen (secondary N) is 1. The maximum Gasteiger partial charge on any atom is 0.261 e. The lowest BCUT2D eigenvalue weighted by atomic mass is 10.4. The summed E-state index contributed by atoms with van der Waals surface area (Å²) in [5.74, 6) is -0.195. The summed E-state index contributed by atoms with van der Waals surface area (Å²) in [6, 6.07) is 3.49. The van der Waals surface area contributed by atoms with Crippen molar-refractivity contribution in [1.29, 1.82) is 0 Å². The van der Waals surface area contributed by atoms with Gasteiger partial charge < -0.3 is 5.32 Å². The van der Waals surface area contributed by atoms with E-state index in [1.165, 1.54) is 11.3 Å². The van der Waals surface area contributed by atoms with E-state index in [4.69, 9.17) is 5.21 Å². The number of hydroxylamine groups is 2. The molecule has 0 fully saturated rings. The molecule has 0 aliphatic rings. The largest absolute Gasteiger partial charge is 0.349 e. The minimum Gasteiger partial charge on any atom is -0.349 e. The van der Waals surface area contributed by atoms with Crippen molar-refractivity contribution < 1.29 is 14.8 Å². The molecule has 0 aliphatic carbocycles. The van der Waals surface area contributed by atoms with Crippen molar-refractivity contribution in [2.45, 2.75) is 0 Å². The summed E-state index contributed by atoms with van der Waals surface area (Å²) >= 11 is 1.34. The molecule has 5 nitrogen and oxygen atoms in total. The molecule has 0 spiro atoms. The van der Waals surface area contributed by atoms with Crippen molar-refractivity contribution >= 4 is 23.7 Å². The highest BCUT2D eigenvalue weighted by atomic mass is 32.1. The Morgan fingerprint density at radius 1 is 1.71 bits per heavy atom. The summed E-state index contributed by atoms with van der Waals surface area (Å²) in [5, 5.41) is 13.6. The maximum atomic E-state index is 11.3. The van der Waals surface area contributed by atoms with Gasteiger partial charge in [-0.1, -0.05) is 6.07 Å². The van der Waals surface area contributed by atoms with Crippen LogP contribution in [0.1, 0.15) is 9.67 Å². The lowest BCUT2D eigenvalue weighted by Gasteiger charge is -2.08.